The van der Waals surface area contributed by atoms with Crippen LogP contribution in [0.25, 0.3) is 16.8 Å². The average Bonchev–Trinajstić information content (AvgIpc) is 3.29. The molecule has 216 valence electrons. The quantitative estimate of drug-likeness (QED) is 0.313. The number of anilines is 2. The average molecular weight is 559 g/mol. The standard InChI is InChI=1S/C30H38N8O3/c1-8-37(29(40)41-30(3,4)5)19(2)24(36(6)7)27-35-23(25-26(31)33-17-18-38(25)27)20-12-14-21(15-13-20)28(39)34-22-11-9-10-16-32-22/h9-19,24H,8H2,1-7H3,(H2,31,33)(H,32,34,39)/t19-,24?/m0/s1. The van der Waals surface area contributed by atoms with Crippen molar-refractivity contribution in [1.29, 1.82) is 0 Å². The van der Waals surface area contributed by atoms with Crippen molar-refractivity contribution < 1.29 is 14.3 Å². The normalized spacial score (nSPS) is 13.2. The SMILES string of the molecule is CCN(C(=O)OC(C)(C)C)[C@@H](C)C(c1nc(-c2ccc(C(=O)Nc3ccccn3)cc2)c2c(N)nccn12)N(C)C. The molecule has 1 aromatic carbocycles. The number of nitrogens with zero attached hydrogens (tertiary/aromatic N) is 6. The number of pyridine rings is 1. The second kappa shape index (κ2) is 11.9. The number of benzene rings is 1. The molecule has 11 nitrogen and oxygen atoms in total. The first-order valence-electron chi connectivity index (χ1n) is 13.5. The van der Waals surface area contributed by atoms with Gasteiger partial charge in [0, 0.05) is 36.3 Å². The van der Waals surface area contributed by atoms with E-state index in [0.29, 0.717) is 40.8 Å². The van der Waals surface area contributed by atoms with Crippen LogP contribution < -0.4 is 11.1 Å². The molecular weight excluding hydrogens is 520 g/mol. The minimum absolute atomic E-state index is 0.268. The van der Waals surface area contributed by atoms with Crippen molar-refractivity contribution in [2.24, 2.45) is 0 Å². The van der Waals surface area contributed by atoms with Crippen molar-refractivity contribution in [3.63, 3.8) is 0 Å². The summed E-state index contributed by atoms with van der Waals surface area (Å²) in [6, 6.07) is 11.8. The number of likely N-dealkylation sites (N-methyl/N-ethyl adjacent to an activating group) is 2. The molecule has 2 atom stereocenters. The highest BCUT2D eigenvalue weighted by atomic mass is 16.6. The van der Waals surface area contributed by atoms with Crippen LogP contribution in [0.15, 0.2) is 61.1 Å². The zero-order valence-corrected chi connectivity index (χ0v) is 24.6. The molecule has 4 aromatic rings. The third kappa shape index (κ3) is 6.46. The molecule has 3 aromatic heterocycles. The van der Waals surface area contributed by atoms with E-state index in [9.17, 15) is 9.59 Å². The third-order valence-corrected chi connectivity index (χ3v) is 6.68. The molecule has 0 bridgehead atoms. The van der Waals surface area contributed by atoms with Crippen LogP contribution in [0.1, 0.15) is 56.8 Å². The molecule has 0 aliphatic rings. The molecule has 0 radical (unpaired) electrons. The number of ether oxygens (including phenoxy) is 1. The van der Waals surface area contributed by atoms with Crippen LogP contribution in [0.2, 0.25) is 0 Å². The molecule has 2 amide bonds. The van der Waals surface area contributed by atoms with E-state index in [4.69, 9.17) is 15.5 Å². The third-order valence-electron chi connectivity index (χ3n) is 6.68. The molecular formula is C30H38N8O3. The molecule has 0 saturated heterocycles. The van der Waals surface area contributed by atoms with Crippen molar-refractivity contribution in [2.45, 2.75) is 52.3 Å². The summed E-state index contributed by atoms with van der Waals surface area (Å²) in [4.78, 5) is 43.1. The molecule has 4 rings (SSSR count). The number of rotatable bonds is 8. The Bertz CT molecular complexity index is 1510. The van der Waals surface area contributed by atoms with Crippen LogP contribution in [-0.4, -0.2) is 73.4 Å². The van der Waals surface area contributed by atoms with Gasteiger partial charge in [-0.25, -0.2) is 19.7 Å². The van der Waals surface area contributed by atoms with Gasteiger partial charge in [-0.05, 0) is 73.0 Å². The lowest BCUT2D eigenvalue weighted by atomic mass is 10.1. The number of nitrogens with one attached hydrogen (secondary N) is 1. The Morgan fingerprint density at radius 2 is 1.78 bits per heavy atom. The fraction of sp³-hybridized carbons (Fsp3) is 0.367. The molecule has 11 heteroatoms. The number of imidazole rings is 1. The Morgan fingerprint density at radius 3 is 2.37 bits per heavy atom. The number of hydrogen-bond donors (Lipinski definition) is 2. The Morgan fingerprint density at radius 1 is 1.07 bits per heavy atom. The Kier molecular flexibility index (Phi) is 8.57. The van der Waals surface area contributed by atoms with Crippen molar-refractivity contribution in [1.82, 2.24) is 29.2 Å². The van der Waals surface area contributed by atoms with E-state index in [-0.39, 0.29) is 24.1 Å². The first kappa shape index (κ1) is 29.5. The number of carbonyl (C=O) groups is 2. The number of fused-ring (bicyclic) bond motifs is 1. The van der Waals surface area contributed by atoms with Crippen LogP contribution in [0.5, 0.6) is 0 Å². The van der Waals surface area contributed by atoms with Gasteiger partial charge < -0.3 is 20.7 Å². The monoisotopic (exact) mass is 558 g/mol. The van der Waals surface area contributed by atoms with E-state index in [0.717, 1.165) is 5.56 Å². The van der Waals surface area contributed by atoms with Crippen LogP contribution in [-0.2, 0) is 4.74 Å². The fourth-order valence-electron chi connectivity index (χ4n) is 4.85. The zero-order chi connectivity index (χ0) is 29.9. The van der Waals surface area contributed by atoms with Gasteiger partial charge in [-0.15, -0.1) is 0 Å². The summed E-state index contributed by atoms with van der Waals surface area (Å²) < 4.78 is 7.62. The maximum Gasteiger partial charge on any atom is 0.410 e. The van der Waals surface area contributed by atoms with Crippen LogP contribution in [0.4, 0.5) is 16.4 Å². The zero-order valence-electron chi connectivity index (χ0n) is 24.6. The smallest absolute Gasteiger partial charge is 0.410 e. The summed E-state index contributed by atoms with van der Waals surface area (Å²) in [5.74, 6) is 1.22. The lowest BCUT2D eigenvalue weighted by Crippen LogP contribution is -2.48. The Balaban J connectivity index is 1.73. The highest BCUT2D eigenvalue weighted by molar-refractivity contribution is 6.04. The number of nitrogen functional groups attached to an aromatic ring is 1. The van der Waals surface area contributed by atoms with E-state index in [1.807, 2.05) is 76.3 Å². The molecule has 0 aliphatic heterocycles. The van der Waals surface area contributed by atoms with E-state index >= 15 is 0 Å². The number of carbonyl (C=O) groups excluding carboxylic acids is 2. The maximum absolute atomic E-state index is 13.1. The lowest BCUT2D eigenvalue weighted by molar-refractivity contribution is 0.00944. The number of amides is 2. The molecule has 0 fully saturated rings. The fourth-order valence-corrected chi connectivity index (χ4v) is 4.85. The lowest BCUT2D eigenvalue weighted by Gasteiger charge is -2.37. The molecule has 1 unspecified atom stereocenters. The van der Waals surface area contributed by atoms with Crippen LogP contribution >= 0.6 is 0 Å². The summed E-state index contributed by atoms with van der Waals surface area (Å²) >= 11 is 0. The van der Waals surface area contributed by atoms with Gasteiger partial charge in [0.1, 0.15) is 34.3 Å². The number of hydrogen-bond acceptors (Lipinski definition) is 8. The topological polar surface area (TPSA) is 131 Å². The van der Waals surface area contributed by atoms with Crippen molar-refractivity contribution in [2.75, 3.05) is 31.7 Å². The highest BCUT2D eigenvalue weighted by Crippen LogP contribution is 2.34. The van der Waals surface area contributed by atoms with Gasteiger partial charge in [-0.3, -0.25) is 14.1 Å². The Labute approximate surface area is 240 Å². The van der Waals surface area contributed by atoms with Gasteiger partial charge in [0.05, 0.1) is 12.1 Å². The largest absolute Gasteiger partial charge is 0.444 e. The summed E-state index contributed by atoms with van der Waals surface area (Å²) in [7, 11) is 3.90. The van der Waals surface area contributed by atoms with Crippen molar-refractivity contribution >= 4 is 29.2 Å². The molecule has 0 aliphatic carbocycles. The van der Waals surface area contributed by atoms with E-state index in [2.05, 4.69) is 15.3 Å². The summed E-state index contributed by atoms with van der Waals surface area (Å²) in [6.45, 7) is 9.93. The predicted octanol–water partition coefficient (Wildman–Crippen LogP) is 4.87. The summed E-state index contributed by atoms with van der Waals surface area (Å²) in [5.41, 5.74) is 8.29. The van der Waals surface area contributed by atoms with Crippen molar-refractivity contribution in [3.8, 4) is 11.3 Å². The van der Waals surface area contributed by atoms with E-state index in [1.54, 1.807) is 47.6 Å². The second-order valence-corrected chi connectivity index (χ2v) is 11.0. The minimum atomic E-state index is -0.619. The van der Waals surface area contributed by atoms with Gasteiger partial charge in [0.25, 0.3) is 5.91 Å². The number of nitrogens with two attached hydrogens (primary N) is 1. The van der Waals surface area contributed by atoms with Gasteiger partial charge in [-0.2, -0.15) is 0 Å². The van der Waals surface area contributed by atoms with Gasteiger partial charge in [0.2, 0.25) is 0 Å². The van der Waals surface area contributed by atoms with Crippen LogP contribution in [0, 0.1) is 0 Å². The summed E-state index contributed by atoms with van der Waals surface area (Å²) in [6.07, 6.45) is 4.68. The van der Waals surface area contributed by atoms with Gasteiger partial charge in [0.15, 0.2) is 0 Å². The molecule has 3 N–H and O–H groups in total. The minimum Gasteiger partial charge on any atom is -0.444 e. The number of aromatic nitrogens is 4. The Hall–Kier alpha value is -4.51. The maximum atomic E-state index is 13.1. The van der Waals surface area contributed by atoms with E-state index in [1.165, 1.54) is 0 Å². The van der Waals surface area contributed by atoms with Crippen LogP contribution in [0.3, 0.4) is 0 Å². The molecule has 41 heavy (non-hydrogen) atoms. The van der Waals surface area contributed by atoms with Gasteiger partial charge in [-0.1, -0.05) is 18.2 Å². The molecule has 0 saturated carbocycles. The summed E-state index contributed by atoms with van der Waals surface area (Å²) in [5, 5.41) is 2.79. The van der Waals surface area contributed by atoms with Crippen molar-refractivity contribution in [3.05, 3.63) is 72.4 Å². The first-order chi connectivity index (χ1) is 19.4. The molecule has 3 heterocycles. The highest BCUT2D eigenvalue weighted by Gasteiger charge is 2.35. The predicted molar refractivity (Wildman–Crippen MR) is 160 cm³/mol. The van der Waals surface area contributed by atoms with Gasteiger partial charge >= 0.3 is 6.09 Å². The molecule has 0 spiro atoms. The van der Waals surface area contributed by atoms with E-state index < -0.39 is 5.60 Å². The second-order valence-electron chi connectivity index (χ2n) is 11.0. The first-order valence-corrected chi connectivity index (χ1v) is 13.5.